The van der Waals surface area contributed by atoms with Crippen LogP contribution in [0, 0.1) is 0 Å². The predicted molar refractivity (Wildman–Crippen MR) is 200 cm³/mol. The summed E-state index contributed by atoms with van der Waals surface area (Å²) in [5.41, 5.74) is 7.78. The Hall–Kier alpha value is -5.42. The van der Waals surface area contributed by atoms with Gasteiger partial charge in [-0.2, -0.15) is 0 Å². The third-order valence-corrected chi connectivity index (χ3v) is 11.5. The molecule has 46 heavy (non-hydrogen) atoms. The molecule has 3 aromatic heterocycles. The van der Waals surface area contributed by atoms with E-state index in [9.17, 15) is 0 Å². The number of benzene rings is 7. The first kappa shape index (κ1) is 25.9. The molecule has 7 aromatic carbocycles. The van der Waals surface area contributed by atoms with Crippen LogP contribution in [0.3, 0.4) is 0 Å². The second kappa shape index (κ2) is 10.0. The molecule has 10 rings (SSSR count). The first-order valence-electron chi connectivity index (χ1n) is 15.4. The van der Waals surface area contributed by atoms with Crippen molar-refractivity contribution in [3.8, 4) is 11.1 Å². The van der Waals surface area contributed by atoms with E-state index in [0.717, 1.165) is 16.9 Å². The zero-order valence-electron chi connectivity index (χ0n) is 24.6. The maximum absolute atomic E-state index is 6.30. The minimum absolute atomic E-state index is 0.929. The van der Waals surface area contributed by atoms with E-state index >= 15 is 0 Å². The number of fused-ring (bicyclic) bond motifs is 10. The van der Waals surface area contributed by atoms with Gasteiger partial charge in [0.15, 0.2) is 0 Å². The molecule has 0 atom stereocenters. The van der Waals surface area contributed by atoms with Gasteiger partial charge in [0.1, 0.15) is 11.2 Å². The molecule has 0 aliphatic rings. The summed E-state index contributed by atoms with van der Waals surface area (Å²) in [5, 5.41) is 7.47. The minimum atomic E-state index is 0.929. The van der Waals surface area contributed by atoms with Gasteiger partial charge in [-0.15, -0.1) is 22.7 Å². The Morgan fingerprint density at radius 1 is 0.391 bits per heavy atom. The average molecular weight is 624 g/mol. The quantitative estimate of drug-likeness (QED) is 0.194. The minimum Gasteiger partial charge on any atom is -0.456 e. The molecule has 0 radical (unpaired) electrons. The van der Waals surface area contributed by atoms with Gasteiger partial charge in [-0.25, -0.2) is 0 Å². The summed E-state index contributed by atoms with van der Waals surface area (Å²) in [6.07, 6.45) is 0. The Labute approximate surface area is 273 Å². The maximum atomic E-state index is 6.30. The second-order valence-electron chi connectivity index (χ2n) is 11.7. The number of anilines is 3. The van der Waals surface area contributed by atoms with Crippen molar-refractivity contribution >= 4 is 102 Å². The van der Waals surface area contributed by atoms with Crippen LogP contribution < -0.4 is 4.90 Å². The fraction of sp³-hybridized carbons (Fsp3) is 0. The standard InChI is InChI=1S/C42H25NOS2/c1-2-10-26(11-3-1)27-20-22-28(23-21-27)43(33-15-9-19-38-39(33)32-13-5-7-18-37(32)45-38)34-16-8-14-29-30-24-25-36-40(42(30)46-41(29)34)31-12-4-6-17-35(31)44-36/h1-25H. The summed E-state index contributed by atoms with van der Waals surface area (Å²) in [6.45, 7) is 0. The number of para-hydroxylation sites is 1. The molecule has 2 nitrogen and oxygen atoms in total. The number of nitrogens with zero attached hydrogens (tertiary/aromatic N) is 1. The monoisotopic (exact) mass is 623 g/mol. The molecule has 10 aromatic rings. The van der Waals surface area contributed by atoms with Crippen LogP contribution in [0.4, 0.5) is 17.1 Å². The first-order valence-corrected chi connectivity index (χ1v) is 17.1. The summed E-state index contributed by atoms with van der Waals surface area (Å²) in [6, 6.07) is 54.6. The van der Waals surface area contributed by atoms with Gasteiger partial charge in [0.2, 0.25) is 0 Å². The van der Waals surface area contributed by atoms with E-state index in [1.165, 1.54) is 73.6 Å². The van der Waals surface area contributed by atoms with E-state index in [-0.39, 0.29) is 0 Å². The summed E-state index contributed by atoms with van der Waals surface area (Å²) in [5.74, 6) is 0. The number of thiophene rings is 2. The Kier molecular flexibility index (Phi) is 5.65. The van der Waals surface area contributed by atoms with Crippen LogP contribution in [0.15, 0.2) is 156 Å². The molecule has 0 amide bonds. The van der Waals surface area contributed by atoms with Gasteiger partial charge >= 0.3 is 0 Å². The van der Waals surface area contributed by atoms with E-state index < -0.39 is 0 Å². The second-order valence-corrected chi connectivity index (χ2v) is 13.8. The molecule has 0 saturated carbocycles. The normalized spacial score (nSPS) is 11.9. The number of furan rings is 1. The lowest BCUT2D eigenvalue weighted by molar-refractivity contribution is 0.669. The van der Waals surface area contributed by atoms with E-state index in [1.807, 2.05) is 28.7 Å². The molecule has 0 saturated heterocycles. The summed E-state index contributed by atoms with van der Waals surface area (Å²) in [7, 11) is 0. The first-order chi connectivity index (χ1) is 22.8. The van der Waals surface area contributed by atoms with Crippen LogP contribution in [-0.2, 0) is 0 Å². The van der Waals surface area contributed by atoms with Crippen molar-refractivity contribution in [1.82, 2.24) is 0 Å². The van der Waals surface area contributed by atoms with Crippen LogP contribution in [0.1, 0.15) is 0 Å². The van der Waals surface area contributed by atoms with Gasteiger partial charge in [-0.3, -0.25) is 0 Å². The molecule has 0 aliphatic carbocycles. The van der Waals surface area contributed by atoms with Crippen LogP contribution in [0.25, 0.3) is 73.4 Å². The van der Waals surface area contributed by atoms with Crippen molar-refractivity contribution in [3.05, 3.63) is 152 Å². The molecule has 0 N–H and O–H groups in total. The SMILES string of the molecule is c1ccc(-c2ccc(N(c3cccc4c3sc3c4ccc4oc5ccccc5c43)c3cccc4sc5ccccc5c34)cc2)cc1. The fourth-order valence-corrected chi connectivity index (χ4v) is 9.49. The number of hydrogen-bond donors (Lipinski definition) is 0. The maximum Gasteiger partial charge on any atom is 0.136 e. The fourth-order valence-electron chi connectivity index (χ4n) is 7.01. The van der Waals surface area contributed by atoms with Gasteiger partial charge < -0.3 is 9.32 Å². The Balaban J connectivity index is 1.27. The number of rotatable bonds is 4. The Morgan fingerprint density at radius 3 is 1.96 bits per heavy atom. The molecule has 0 unspecified atom stereocenters. The van der Waals surface area contributed by atoms with Crippen molar-refractivity contribution in [2.45, 2.75) is 0 Å². The van der Waals surface area contributed by atoms with Crippen LogP contribution >= 0.6 is 22.7 Å². The van der Waals surface area contributed by atoms with E-state index in [1.54, 1.807) is 0 Å². The summed E-state index contributed by atoms with van der Waals surface area (Å²) in [4.78, 5) is 2.47. The van der Waals surface area contributed by atoms with Crippen LogP contribution in [0.2, 0.25) is 0 Å². The molecule has 0 fully saturated rings. The van der Waals surface area contributed by atoms with E-state index in [0.29, 0.717) is 0 Å². The summed E-state index contributed by atoms with van der Waals surface area (Å²) < 4.78 is 11.4. The third-order valence-electron chi connectivity index (χ3n) is 9.08. The largest absolute Gasteiger partial charge is 0.456 e. The van der Waals surface area contributed by atoms with E-state index in [4.69, 9.17) is 4.42 Å². The highest BCUT2D eigenvalue weighted by atomic mass is 32.1. The molecule has 216 valence electrons. The topological polar surface area (TPSA) is 16.4 Å². The highest BCUT2D eigenvalue weighted by Gasteiger charge is 2.23. The highest BCUT2D eigenvalue weighted by molar-refractivity contribution is 7.27. The van der Waals surface area contributed by atoms with E-state index in [2.05, 4.69) is 150 Å². The molecular weight excluding hydrogens is 599 g/mol. The predicted octanol–water partition coefficient (Wildman–Crippen LogP) is 13.5. The third kappa shape index (κ3) is 3.81. The molecule has 4 heteroatoms. The molecule has 0 aliphatic heterocycles. The zero-order valence-corrected chi connectivity index (χ0v) is 26.2. The van der Waals surface area contributed by atoms with Crippen molar-refractivity contribution in [3.63, 3.8) is 0 Å². The highest BCUT2D eigenvalue weighted by Crippen LogP contribution is 2.50. The van der Waals surface area contributed by atoms with Crippen molar-refractivity contribution in [1.29, 1.82) is 0 Å². The molecule has 0 spiro atoms. The molecule has 3 heterocycles. The van der Waals surface area contributed by atoms with Crippen molar-refractivity contribution in [2.24, 2.45) is 0 Å². The lowest BCUT2D eigenvalue weighted by Gasteiger charge is -2.27. The van der Waals surface area contributed by atoms with Gasteiger partial charge in [-0.1, -0.05) is 97.1 Å². The van der Waals surface area contributed by atoms with Gasteiger partial charge in [0.05, 0.1) is 16.1 Å². The Morgan fingerprint density at radius 2 is 1.07 bits per heavy atom. The van der Waals surface area contributed by atoms with Crippen molar-refractivity contribution < 1.29 is 4.42 Å². The van der Waals surface area contributed by atoms with Gasteiger partial charge in [-0.05, 0) is 65.7 Å². The summed E-state index contributed by atoms with van der Waals surface area (Å²) >= 11 is 3.73. The van der Waals surface area contributed by atoms with Gasteiger partial charge in [0, 0.05) is 52.1 Å². The smallest absolute Gasteiger partial charge is 0.136 e. The lowest BCUT2D eigenvalue weighted by Crippen LogP contribution is -2.10. The molecule has 0 bridgehead atoms. The van der Waals surface area contributed by atoms with Gasteiger partial charge in [0.25, 0.3) is 0 Å². The number of hydrogen-bond acceptors (Lipinski definition) is 4. The zero-order chi connectivity index (χ0) is 30.2. The Bertz CT molecular complexity index is 2750. The van der Waals surface area contributed by atoms with Crippen molar-refractivity contribution in [2.75, 3.05) is 4.90 Å². The lowest BCUT2D eigenvalue weighted by atomic mass is 10.0. The van der Waals surface area contributed by atoms with Crippen LogP contribution in [0.5, 0.6) is 0 Å². The average Bonchev–Trinajstić information content (AvgIpc) is 3.81. The van der Waals surface area contributed by atoms with Crippen LogP contribution in [-0.4, -0.2) is 0 Å². The molecular formula is C42H25NOS2.